The van der Waals surface area contributed by atoms with Gasteiger partial charge in [0.05, 0.1) is 56.7 Å². The first-order chi connectivity index (χ1) is 31.7. The molecule has 2 aromatic heterocycles. The van der Waals surface area contributed by atoms with Crippen LogP contribution in [0.25, 0.3) is 21.8 Å². The second-order valence-corrected chi connectivity index (χ2v) is 21.4. The molecule has 4 bridgehead atoms. The molecule has 4 aliphatic carbocycles. The maximum Gasteiger partial charge on any atom is 0.166 e. The van der Waals surface area contributed by atoms with Gasteiger partial charge < -0.3 is 59.0 Å². The second-order valence-electron chi connectivity index (χ2n) is 21.4. The van der Waals surface area contributed by atoms with Crippen molar-refractivity contribution >= 4 is 21.8 Å². The maximum absolute atomic E-state index is 14.7. The van der Waals surface area contributed by atoms with Gasteiger partial charge in [-0.1, -0.05) is 12.1 Å². The van der Waals surface area contributed by atoms with Crippen LogP contribution in [0.4, 0.5) is 8.78 Å². The molecule has 16 rings (SSSR count). The van der Waals surface area contributed by atoms with Crippen molar-refractivity contribution in [3.63, 3.8) is 0 Å². The van der Waals surface area contributed by atoms with Crippen molar-refractivity contribution in [1.29, 1.82) is 0 Å². The lowest BCUT2D eigenvalue weighted by atomic mass is 9.49. The van der Waals surface area contributed by atoms with E-state index in [2.05, 4.69) is 33.0 Å². The molecule has 0 saturated carbocycles. The highest BCUT2D eigenvalue weighted by Crippen LogP contribution is 2.71. The summed E-state index contributed by atoms with van der Waals surface area (Å²) >= 11 is 0. The third-order valence-electron chi connectivity index (χ3n) is 18.9. The molecule has 66 heavy (non-hydrogen) atoms. The van der Waals surface area contributed by atoms with Crippen LogP contribution in [0.3, 0.4) is 0 Å². The van der Waals surface area contributed by atoms with E-state index in [0.29, 0.717) is 74.2 Å². The van der Waals surface area contributed by atoms with Crippen molar-refractivity contribution in [3.05, 3.63) is 116 Å². The zero-order valence-corrected chi connectivity index (χ0v) is 36.6. The van der Waals surface area contributed by atoms with Crippen molar-refractivity contribution in [1.82, 2.24) is 18.9 Å². The minimum Gasteiger partial charge on any atom is -0.504 e. The van der Waals surface area contributed by atoms with Crippen molar-refractivity contribution in [2.24, 2.45) is 0 Å². The molecule has 6 N–H and O–H groups in total. The fourth-order valence-corrected chi connectivity index (χ4v) is 16.3. The summed E-state index contributed by atoms with van der Waals surface area (Å²) in [5.41, 5.74) is 7.34. The van der Waals surface area contributed by atoms with Gasteiger partial charge in [-0.05, 0) is 124 Å². The first-order valence-corrected chi connectivity index (χ1v) is 23.6. The fourth-order valence-electron chi connectivity index (χ4n) is 16.3. The van der Waals surface area contributed by atoms with E-state index < -0.39 is 46.4 Å². The molecule has 8 heterocycles. The number of phenolic OH excluding ortho intramolecular Hbond substituents is 2. The number of rotatable bonds is 0. The second kappa shape index (κ2) is 12.1. The molecule has 12 nitrogen and oxygen atoms in total. The summed E-state index contributed by atoms with van der Waals surface area (Å²) in [4.78, 5) is 4.49. The lowest BCUT2D eigenvalue weighted by molar-refractivity contribution is -0.168. The molecule has 0 radical (unpaired) electrons. The van der Waals surface area contributed by atoms with Crippen LogP contribution in [0.15, 0.2) is 48.5 Å². The highest BCUT2D eigenvalue weighted by molar-refractivity contribution is 5.92. The van der Waals surface area contributed by atoms with Gasteiger partial charge in [-0.15, -0.1) is 0 Å². The van der Waals surface area contributed by atoms with Crippen LogP contribution in [0.1, 0.15) is 106 Å². The molecule has 6 aliphatic heterocycles. The number of aliphatic hydroxyl groups excluding tert-OH is 2. The number of halogens is 2. The number of aromatic nitrogens is 2. The average Bonchev–Trinajstić information content (AvgIpc) is 4.00. The molecule has 4 aromatic carbocycles. The van der Waals surface area contributed by atoms with E-state index in [1.165, 1.54) is 12.1 Å². The predicted molar refractivity (Wildman–Crippen MR) is 236 cm³/mol. The van der Waals surface area contributed by atoms with Crippen LogP contribution in [-0.4, -0.2) is 100 Å². The summed E-state index contributed by atoms with van der Waals surface area (Å²) in [6.45, 7) is 2.88. The number of ether oxygens (including phenoxy) is 2. The van der Waals surface area contributed by atoms with E-state index >= 15 is 0 Å². The van der Waals surface area contributed by atoms with Gasteiger partial charge in [-0.2, -0.15) is 0 Å². The number of fused-ring (bicyclic) bond motifs is 8. The van der Waals surface area contributed by atoms with Gasteiger partial charge in [0.1, 0.15) is 11.6 Å². The highest BCUT2D eigenvalue weighted by atomic mass is 19.1. The normalized spacial score (nSPS) is 35.3. The zero-order chi connectivity index (χ0) is 44.9. The van der Waals surface area contributed by atoms with Crippen LogP contribution in [0.5, 0.6) is 23.0 Å². The predicted octanol–water partition coefficient (Wildman–Crippen LogP) is 5.68. The summed E-state index contributed by atoms with van der Waals surface area (Å²) in [6, 6.07) is 13.1. The smallest absolute Gasteiger partial charge is 0.166 e. The SMILES string of the molecule is CN1CC[C@]23c4c5ccc(O)c4O[C@H]2c2c(c4cc(F)cc6c4n2CC[C@@H]6O)C[C@@]3(O)[C@H]1C5.CN1CC[C@]23c4c5ccc(O)c4O[C@H]2c2c(c4cc(F)cc6c4n2CC[C@H]6O)C[C@@]3(O)[C@H]1C5. The molecular formula is C52H50F2N4O8. The van der Waals surface area contributed by atoms with Gasteiger partial charge in [-0.25, -0.2) is 8.78 Å². The number of hydrogen-bond donors (Lipinski definition) is 6. The van der Waals surface area contributed by atoms with Crippen molar-refractivity contribution in [2.45, 2.75) is 123 Å². The number of piperidine rings is 2. The largest absolute Gasteiger partial charge is 0.504 e. The summed E-state index contributed by atoms with van der Waals surface area (Å²) in [5, 5.41) is 69.6. The Morgan fingerprint density at radius 1 is 0.606 bits per heavy atom. The third-order valence-corrected chi connectivity index (χ3v) is 18.9. The van der Waals surface area contributed by atoms with Gasteiger partial charge in [-0.3, -0.25) is 0 Å². The van der Waals surface area contributed by atoms with E-state index in [0.717, 1.165) is 92.5 Å². The van der Waals surface area contributed by atoms with Gasteiger partial charge in [0.15, 0.2) is 35.2 Å². The lowest BCUT2D eigenvalue weighted by Gasteiger charge is -2.62. The molecule has 2 saturated heterocycles. The van der Waals surface area contributed by atoms with Crippen molar-refractivity contribution in [3.8, 4) is 23.0 Å². The van der Waals surface area contributed by atoms with Crippen LogP contribution in [0.2, 0.25) is 0 Å². The molecule has 0 amide bonds. The van der Waals surface area contributed by atoms with E-state index in [1.807, 2.05) is 12.1 Å². The fraction of sp³-hybridized carbons (Fsp3) is 0.462. The molecule has 6 aromatic rings. The van der Waals surface area contributed by atoms with Gasteiger partial charge in [0, 0.05) is 71.0 Å². The van der Waals surface area contributed by atoms with Crippen molar-refractivity contribution < 1.29 is 48.9 Å². The standard InChI is InChI=1S/2C26H25FN2O4/c2*1-28-7-5-25-20-12-2-3-18(31)23(20)33-24(25)22-16(11-26(25,32)19(28)8-12)14-9-13(27)10-15-17(30)4-6-29(22)21(14)15/h2*2-3,9-10,17,19,24,30-32H,4-8,11H2,1H3/t17-,19+,24-,25-,26+;17-,19-,24+,25+,26-/m01/s1. The molecule has 2 spiro atoms. The molecule has 10 aliphatic rings. The number of aromatic hydroxyl groups is 2. The molecule has 2 fully saturated rings. The maximum atomic E-state index is 14.7. The van der Waals surface area contributed by atoms with E-state index in [-0.39, 0.29) is 35.2 Å². The Kier molecular flexibility index (Phi) is 7.11. The number of likely N-dealkylation sites (tertiary alicyclic amines) is 2. The van der Waals surface area contributed by atoms with Crippen LogP contribution >= 0.6 is 0 Å². The topological polar surface area (TPSA) is 156 Å². The number of phenols is 2. The summed E-state index contributed by atoms with van der Waals surface area (Å²) in [6.07, 6.45) is 2.24. The summed E-state index contributed by atoms with van der Waals surface area (Å²) in [5.74, 6) is 0.454. The van der Waals surface area contributed by atoms with Gasteiger partial charge in [0.2, 0.25) is 0 Å². The molecule has 340 valence electrons. The Morgan fingerprint density at radius 3 is 1.45 bits per heavy atom. The zero-order valence-electron chi connectivity index (χ0n) is 36.6. The molecule has 14 heteroatoms. The molecule has 0 unspecified atom stereocenters. The number of aryl methyl sites for hydroxylation is 2. The number of hydrogen-bond acceptors (Lipinski definition) is 10. The summed E-state index contributed by atoms with van der Waals surface area (Å²) < 4.78 is 47.1. The third kappa shape index (κ3) is 4.10. The number of benzene rings is 4. The Hall–Kier alpha value is -5.22. The Balaban J connectivity index is 0.000000121. The minimum atomic E-state index is -1.11. The Labute approximate surface area is 377 Å². The summed E-state index contributed by atoms with van der Waals surface area (Å²) in [7, 11) is 4.13. The van der Waals surface area contributed by atoms with E-state index in [9.17, 15) is 39.4 Å². The van der Waals surface area contributed by atoms with Gasteiger partial charge in [0.25, 0.3) is 0 Å². The monoisotopic (exact) mass is 896 g/mol. The molecular weight excluding hydrogens is 847 g/mol. The molecule has 10 atom stereocenters. The Bertz CT molecular complexity index is 3040. The van der Waals surface area contributed by atoms with E-state index in [1.54, 1.807) is 24.3 Å². The van der Waals surface area contributed by atoms with Crippen LogP contribution < -0.4 is 9.47 Å². The Morgan fingerprint density at radius 2 is 1.03 bits per heavy atom. The number of nitrogens with zero attached hydrogens (tertiary/aromatic N) is 4. The minimum absolute atomic E-state index is 0.101. The highest BCUT2D eigenvalue weighted by Gasteiger charge is 2.74. The lowest BCUT2D eigenvalue weighted by Crippen LogP contribution is -2.74. The van der Waals surface area contributed by atoms with Crippen LogP contribution in [0, 0.1) is 11.6 Å². The number of likely N-dealkylation sites (N-methyl/N-ethyl adjacent to an activating group) is 2. The van der Waals surface area contributed by atoms with Crippen molar-refractivity contribution in [2.75, 3.05) is 27.2 Å². The average molecular weight is 897 g/mol. The van der Waals surface area contributed by atoms with Crippen LogP contribution in [-0.2, 0) is 49.6 Å². The first kappa shape index (κ1) is 38.8. The number of aliphatic hydroxyl groups is 4. The van der Waals surface area contributed by atoms with E-state index in [4.69, 9.17) is 9.47 Å². The quantitative estimate of drug-likeness (QED) is 0.112. The van der Waals surface area contributed by atoms with Gasteiger partial charge >= 0.3 is 0 Å². The first-order valence-electron chi connectivity index (χ1n) is 23.6.